The molecule has 0 aliphatic carbocycles. The van der Waals surface area contributed by atoms with Crippen LogP contribution in [-0.2, 0) is 4.79 Å². The van der Waals surface area contributed by atoms with Gasteiger partial charge in [0.05, 0.1) is 0 Å². The average Bonchev–Trinajstić information content (AvgIpc) is 2.99. The van der Waals surface area contributed by atoms with E-state index in [0.29, 0.717) is 5.13 Å². The van der Waals surface area contributed by atoms with Gasteiger partial charge < -0.3 is 0 Å². The third-order valence-corrected chi connectivity index (χ3v) is 4.46. The second-order valence-corrected chi connectivity index (χ2v) is 5.67. The summed E-state index contributed by atoms with van der Waals surface area (Å²) in [6.07, 6.45) is 1.64. The molecule has 6 heteroatoms. The van der Waals surface area contributed by atoms with Gasteiger partial charge in [0.2, 0.25) is 0 Å². The van der Waals surface area contributed by atoms with Gasteiger partial charge in [-0.15, -0.1) is 11.3 Å². The van der Waals surface area contributed by atoms with E-state index in [1.165, 1.54) is 28.0 Å². The molecule has 0 saturated carbocycles. The first-order chi connectivity index (χ1) is 8.77. The number of carbonyl (C=O) groups excluding carboxylic acids is 1. The molecule has 4 nitrogen and oxygen atoms in total. The van der Waals surface area contributed by atoms with Crippen LogP contribution in [0.25, 0.3) is 0 Å². The van der Waals surface area contributed by atoms with Gasteiger partial charge in [-0.1, -0.05) is 42.1 Å². The fraction of sp³-hybridized carbons (Fsp3) is 0.0833. The monoisotopic (exact) mass is 275 g/mol. The van der Waals surface area contributed by atoms with Crippen molar-refractivity contribution in [1.29, 1.82) is 5.41 Å². The third kappa shape index (κ3) is 1.83. The number of hydrogen-bond acceptors (Lipinski definition) is 5. The third-order valence-electron chi connectivity index (χ3n) is 2.59. The highest BCUT2D eigenvalue weighted by atomic mass is 32.2. The van der Waals surface area contributed by atoms with E-state index in [2.05, 4.69) is 4.98 Å². The van der Waals surface area contributed by atoms with Crippen LogP contribution in [0.3, 0.4) is 0 Å². The van der Waals surface area contributed by atoms with E-state index in [4.69, 9.17) is 5.41 Å². The molecule has 1 aromatic carbocycles. The quantitative estimate of drug-likeness (QED) is 0.916. The zero-order valence-electron chi connectivity index (χ0n) is 9.24. The van der Waals surface area contributed by atoms with Crippen molar-refractivity contribution in [3.05, 3.63) is 47.5 Å². The van der Waals surface area contributed by atoms with Gasteiger partial charge in [0, 0.05) is 11.6 Å². The van der Waals surface area contributed by atoms with Gasteiger partial charge in [-0.2, -0.15) is 0 Å². The Balaban J connectivity index is 1.94. The van der Waals surface area contributed by atoms with Crippen LogP contribution in [-0.4, -0.2) is 16.1 Å². The summed E-state index contributed by atoms with van der Waals surface area (Å²) in [6, 6.07) is 9.54. The number of benzene rings is 1. The van der Waals surface area contributed by atoms with E-state index in [9.17, 15) is 4.79 Å². The van der Waals surface area contributed by atoms with Gasteiger partial charge in [0.15, 0.2) is 10.3 Å². The highest BCUT2D eigenvalue weighted by Gasteiger charge is 2.40. The van der Waals surface area contributed by atoms with E-state index < -0.39 is 0 Å². The van der Waals surface area contributed by atoms with Crippen molar-refractivity contribution in [3.63, 3.8) is 0 Å². The number of thioether (sulfide) groups is 1. The van der Waals surface area contributed by atoms with Crippen LogP contribution in [0.15, 0.2) is 41.9 Å². The number of amides is 1. The van der Waals surface area contributed by atoms with E-state index in [-0.39, 0.29) is 16.3 Å². The van der Waals surface area contributed by atoms with Gasteiger partial charge in [-0.25, -0.2) is 9.88 Å². The average molecular weight is 275 g/mol. The molecule has 0 spiro atoms. The molecule has 1 atom stereocenters. The summed E-state index contributed by atoms with van der Waals surface area (Å²) >= 11 is 2.62. The topological polar surface area (TPSA) is 57.1 Å². The summed E-state index contributed by atoms with van der Waals surface area (Å²) in [7, 11) is 0. The van der Waals surface area contributed by atoms with Crippen LogP contribution in [0.4, 0.5) is 5.13 Å². The molecule has 18 heavy (non-hydrogen) atoms. The Morgan fingerprint density at radius 1 is 1.28 bits per heavy atom. The lowest BCUT2D eigenvalue weighted by molar-refractivity contribution is -0.117. The van der Waals surface area contributed by atoms with E-state index in [1.54, 1.807) is 11.6 Å². The van der Waals surface area contributed by atoms with Crippen molar-refractivity contribution in [3.8, 4) is 0 Å². The molecule has 1 amide bonds. The first-order valence-electron chi connectivity index (χ1n) is 5.31. The van der Waals surface area contributed by atoms with Crippen molar-refractivity contribution in [2.45, 2.75) is 5.25 Å². The summed E-state index contributed by atoms with van der Waals surface area (Å²) in [6.45, 7) is 0. The maximum absolute atomic E-state index is 12.3. The second kappa shape index (κ2) is 4.55. The highest BCUT2D eigenvalue weighted by molar-refractivity contribution is 8.15. The largest absolute Gasteiger partial charge is 0.278 e. The van der Waals surface area contributed by atoms with Gasteiger partial charge in [-0.05, 0) is 5.56 Å². The molecule has 2 heterocycles. The minimum atomic E-state index is -0.331. The summed E-state index contributed by atoms with van der Waals surface area (Å²) in [5.74, 6) is -0.0915. The molecule has 1 saturated heterocycles. The van der Waals surface area contributed by atoms with Gasteiger partial charge >= 0.3 is 0 Å². The molecule has 3 rings (SSSR count). The van der Waals surface area contributed by atoms with Gasteiger partial charge in [0.1, 0.15) is 5.25 Å². The number of aromatic nitrogens is 1. The number of thiazole rings is 1. The number of hydrogen-bond donors (Lipinski definition) is 1. The first kappa shape index (κ1) is 11.4. The predicted molar refractivity (Wildman–Crippen MR) is 74.1 cm³/mol. The molecule has 1 aliphatic heterocycles. The molecular weight excluding hydrogens is 266 g/mol. The maximum Gasteiger partial charge on any atom is 0.253 e. The van der Waals surface area contributed by atoms with E-state index in [0.717, 1.165) is 5.56 Å². The lowest BCUT2D eigenvalue weighted by atomic mass is 10.1. The Morgan fingerprint density at radius 2 is 2.06 bits per heavy atom. The van der Waals surface area contributed by atoms with Crippen molar-refractivity contribution >= 4 is 39.3 Å². The van der Waals surface area contributed by atoms with Gasteiger partial charge in [-0.3, -0.25) is 10.2 Å². The molecule has 1 aliphatic rings. The minimum Gasteiger partial charge on any atom is -0.278 e. The zero-order chi connectivity index (χ0) is 12.5. The zero-order valence-corrected chi connectivity index (χ0v) is 10.9. The molecule has 2 aromatic rings. The van der Waals surface area contributed by atoms with Gasteiger partial charge in [0.25, 0.3) is 5.91 Å². The fourth-order valence-corrected chi connectivity index (χ4v) is 3.49. The number of amidine groups is 1. The lowest BCUT2D eigenvalue weighted by Crippen LogP contribution is -2.29. The second-order valence-electron chi connectivity index (χ2n) is 3.70. The molecule has 1 unspecified atom stereocenters. The predicted octanol–water partition coefficient (Wildman–Crippen LogP) is 2.90. The molecular formula is C12H9N3OS2. The lowest BCUT2D eigenvalue weighted by Gasteiger charge is -2.11. The molecule has 1 N–H and O–H groups in total. The normalized spacial score (nSPS) is 19.6. The minimum absolute atomic E-state index is 0.0915. The Labute approximate surface area is 112 Å². The SMILES string of the molecule is N=C1SC(c2ccccc2)C(=O)N1c1nccs1. The number of nitrogens with one attached hydrogen (secondary N) is 1. The molecule has 1 aromatic heterocycles. The number of carbonyl (C=O) groups is 1. The molecule has 0 radical (unpaired) electrons. The Morgan fingerprint density at radius 3 is 2.72 bits per heavy atom. The van der Waals surface area contributed by atoms with Crippen molar-refractivity contribution in [2.75, 3.05) is 4.90 Å². The number of rotatable bonds is 2. The highest BCUT2D eigenvalue weighted by Crippen LogP contribution is 2.41. The van der Waals surface area contributed by atoms with Crippen LogP contribution >= 0.6 is 23.1 Å². The summed E-state index contributed by atoms with van der Waals surface area (Å²) < 4.78 is 0. The Hall–Kier alpha value is -1.66. The fourth-order valence-electron chi connectivity index (χ4n) is 1.78. The summed E-state index contributed by atoms with van der Waals surface area (Å²) in [4.78, 5) is 17.8. The van der Waals surface area contributed by atoms with E-state index in [1.807, 2.05) is 30.3 Å². The molecule has 0 bridgehead atoms. The first-order valence-corrected chi connectivity index (χ1v) is 7.07. The van der Waals surface area contributed by atoms with Crippen molar-refractivity contribution in [1.82, 2.24) is 4.98 Å². The van der Waals surface area contributed by atoms with Crippen molar-refractivity contribution < 1.29 is 4.79 Å². The molecule has 90 valence electrons. The van der Waals surface area contributed by atoms with E-state index >= 15 is 0 Å². The molecule has 1 fully saturated rings. The number of anilines is 1. The van der Waals surface area contributed by atoms with Crippen LogP contribution in [0, 0.1) is 5.41 Å². The number of nitrogens with zero attached hydrogens (tertiary/aromatic N) is 2. The standard InChI is InChI=1S/C12H9N3OS2/c13-11-15(12-14-6-7-17-12)10(16)9(18-11)8-4-2-1-3-5-8/h1-7,9,13H. The Bertz CT molecular complexity index is 583. The maximum atomic E-state index is 12.3. The van der Waals surface area contributed by atoms with Crippen LogP contribution in [0.5, 0.6) is 0 Å². The van der Waals surface area contributed by atoms with Crippen molar-refractivity contribution in [2.24, 2.45) is 0 Å². The van der Waals surface area contributed by atoms with Crippen LogP contribution in [0.2, 0.25) is 0 Å². The summed E-state index contributed by atoms with van der Waals surface area (Å²) in [5.41, 5.74) is 0.927. The summed E-state index contributed by atoms with van der Waals surface area (Å²) in [5, 5.41) is 10.2. The van der Waals surface area contributed by atoms with Crippen LogP contribution in [0.1, 0.15) is 10.8 Å². The van der Waals surface area contributed by atoms with Crippen LogP contribution < -0.4 is 4.90 Å². The smallest absolute Gasteiger partial charge is 0.253 e. The Kier molecular flexibility index (Phi) is 2.89.